The Morgan fingerprint density at radius 3 is 1.97 bits per heavy atom. The van der Waals surface area contributed by atoms with E-state index in [1.807, 2.05) is 37.3 Å². The lowest BCUT2D eigenvalue weighted by Crippen LogP contribution is -2.43. The number of rotatable bonds is 18. The van der Waals surface area contributed by atoms with Crippen LogP contribution in [0.5, 0.6) is 0 Å². The van der Waals surface area contributed by atoms with Crippen molar-refractivity contribution >= 4 is 5.91 Å². The van der Waals surface area contributed by atoms with E-state index in [0.29, 0.717) is 13.0 Å². The quantitative estimate of drug-likeness (QED) is 0.155. The number of hydrogen-bond donors (Lipinski definition) is 1. The lowest BCUT2D eigenvalue weighted by Gasteiger charge is -2.26. The highest BCUT2D eigenvalue weighted by atomic mass is 16.2. The molecule has 0 aliphatic rings. The molecule has 0 spiro atoms. The first-order chi connectivity index (χ1) is 14.6. The molecule has 170 valence electrons. The molecule has 0 saturated carbocycles. The number of hydrogen-bond acceptors (Lipinski definition) is 2. The molecule has 3 heteroatoms. The van der Waals surface area contributed by atoms with Crippen LogP contribution in [-0.2, 0) is 11.3 Å². The van der Waals surface area contributed by atoms with Gasteiger partial charge in [-0.15, -0.1) is 0 Å². The van der Waals surface area contributed by atoms with Crippen LogP contribution in [0.3, 0.4) is 0 Å². The molecule has 0 bridgehead atoms. The molecule has 0 radical (unpaired) electrons. The summed E-state index contributed by atoms with van der Waals surface area (Å²) in [5.41, 5.74) is 7.17. The lowest BCUT2D eigenvalue weighted by molar-refractivity contribution is -0.133. The minimum absolute atomic E-state index is 0.173. The molecule has 30 heavy (non-hydrogen) atoms. The number of nitrogens with two attached hydrogens (primary N) is 1. The molecule has 1 aromatic rings. The molecule has 1 unspecified atom stereocenters. The van der Waals surface area contributed by atoms with Crippen molar-refractivity contribution in [2.75, 3.05) is 0 Å². The Bertz CT molecular complexity index is 553. The molecule has 1 rings (SSSR count). The number of allylic oxidation sites excluding steroid dienone is 2. The number of benzene rings is 1. The monoisotopic (exact) mass is 414 g/mol. The summed E-state index contributed by atoms with van der Waals surface area (Å²) >= 11 is 0. The Kier molecular flexibility index (Phi) is 16.0. The van der Waals surface area contributed by atoms with Gasteiger partial charge in [0.15, 0.2) is 0 Å². The largest absolute Gasteiger partial charge is 0.323 e. The molecule has 0 aromatic heterocycles. The van der Waals surface area contributed by atoms with E-state index in [4.69, 9.17) is 5.73 Å². The van der Waals surface area contributed by atoms with E-state index in [-0.39, 0.29) is 12.1 Å². The van der Waals surface area contributed by atoms with Crippen molar-refractivity contribution < 1.29 is 4.79 Å². The summed E-state index contributed by atoms with van der Waals surface area (Å²) in [6.07, 6.45) is 21.6. The van der Waals surface area contributed by atoms with Gasteiger partial charge in [0.1, 0.15) is 0 Å². The molecule has 0 fully saturated rings. The van der Waals surface area contributed by atoms with Crippen molar-refractivity contribution in [1.29, 1.82) is 0 Å². The fourth-order valence-electron chi connectivity index (χ4n) is 3.73. The number of carbonyl (C=O) groups is 1. The molecule has 0 aliphatic carbocycles. The van der Waals surface area contributed by atoms with E-state index in [1.54, 1.807) is 4.90 Å². The number of nitrogens with zero attached hydrogens (tertiary/aromatic N) is 1. The zero-order chi connectivity index (χ0) is 21.9. The van der Waals surface area contributed by atoms with Gasteiger partial charge in [0.05, 0.1) is 6.17 Å². The van der Waals surface area contributed by atoms with Gasteiger partial charge < -0.3 is 10.6 Å². The van der Waals surface area contributed by atoms with E-state index in [0.717, 1.165) is 18.4 Å². The smallest absolute Gasteiger partial charge is 0.224 e. The summed E-state index contributed by atoms with van der Waals surface area (Å²) in [7, 11) is 0. The average molecular weight is 415 g/mol. The Morgan fingerprint density at radius 1 is 0.867 bits per heavy atom. The highest BCUT2D eigenvalue weighted by Crippen LogP contribution is 2.13. The van der Waals surface area contributed by atoms with Crippen molar-refractivity contribution in [2.45, 2.75) is 116 Å². The molecule has 1 aromatic carbocycles. The van der Waals surface area contributed by atoms with Gasteiger partial charge in [-0.25, -0.2) is 0 Å². The number of carbonyl (C=O) groups excluding carboxylic acids is 1. The van der Waals surface area contributed by atoms with Crippen LogP contribution < -0.4 is 5.73 Å². The summed E-state index contributed by atoms with van der Waals surface area (Å²) in [5, 5.41) is 0. The molecule has 0 saturated heterocycles. The van der Waals surface area contributed by atoms with E-state index >= 15 is 0 Å². The predicted octanol–water partition coefficient (Wildman–Crippen LogP) is 7.36. The van der Waals surface area contributed by atoms with Gasteiger partial charge in [-0.05, 0) is 44.6 Å². The zero-order valence-electron chi connectivity index (χ0n) is 19.7. The molecular weight excluding hydrogens is 368 g/mol. The summed E-state index contributed by atoms with van der Waals surface area (Å²) < 4.78 is 0. The van der Waals surface area contributed by atoms with Crippen LogP contribution in [0.2, 0.25) is 0 Å². The maximum atomic E-state index is 12.6. The van der Waals surface area contributed by atoms with Crippen LogP contribution in [0.4, 0.5) is 0 Å². The molecule has 0 heterocycles. The van der Waals surface area contributed by atoms with Gasteiger partial charge in [0.2, 0.25) is 5.91 Å². The average Bonchev–Trinajstić information content (AvgIpc) is 2.75. The van der Waals surface area contributed by atoms with Crippen molar-refractivity contribution in [3.8, 4) is 0 Å². The number of unbranched alkanes of at least 4 members (excludes halogenated alkanes) is 11. The maximum Gasteiger partial charge on any atom is 0.224 e. The molecule has 2 N–H and O–H groups in total. The van der Waals surface area contributed by atoms with Crippen LogP contribution in [0, 0.1) is 0 Å². The highest BCUT2D eigenvalue weighted by Gasteiger charge is 2.16. The SMILES string of the molecule is CCCCCCCC/C=C\CCCCCCCC(=O)N(Cc1ccccc1)C(C)N. The summed E-state index contributed by atoms with van der Waals surface area (Å²) in [4.78, 5) is 14.4. The van der Waals surface area contributed by atoms with Gasteiger partial charge in [-0.3, -0.25) is 4.79 Å². The fraction of sp³-hybridized carbons (Fsp3) is 0.667. The predicted molar refractivity (Wildman–Crippen MR) is 130 cm³/mol. The highest BCUT2D eigenvalue weighted by molar-refractivity contribution is 5.76. The van der Waals surface area contributed by atoms with Gasteiger partial charge in [0, 0.05) is 13.0 Å². The van der Waals surface area contributed by atoms with E-state index in [9.17, 15) is 4.79 Å². The second-order valence-electron chi connectivity index (χ2n) is 8.58. The number of amides is 1. The van der Waals surface area contributed by atoms with Gasteiger partial charge in [0.25, 0.3) is 0 Å². The maximum absolute atomic E-state index is 12.6. The van der Waals surface area contributed by atoms with E-state index < -0.39 is 0 Å². The first kappa shape index (κ1) is 26.4. The van der Waals surface area contributed by atoms with Crippen LogP contribution in [0.1, 0.15) is 109 Å². The van der Waals surface area contributed by atoms with Crippen molar-refractivity contribution in [3.63, 3.8) is 0 Å². The normalized spacial score (nSPS) is 12.4. The minimum Gasteiger partial charge on any atom is -0.323 e. The van der Waals surface area contributed by atoms with Crippen LogP contribution >= 0.6 is 0 Å². The Labute approximate surface area is 186 Å². The second-order valence-corrected chi connectivity index (χ2v) is 8.58. The van der Waals surface area contributed by atoms with Crippen LogP contribution in [-0.4, -0.2) is 17.0 Å². The Balaban J connectivity index is 2.02. The zero-order valence-corrected chi connectivity index (χ0v) is 19.7. The van der Waals surface area contributed by atoms with Crippen LogP contribution in [0.15, 0.2) is 42.5 Å². The van der Waals surface area contributed by atoms with Gasteiger partial charge >= 0.3 is 0 Å². The summed E-state index contributed by atoms with van der Waals surface area (Å²) in [6, 6.07) is 10.1. The third kappa shape index (κ3) is 13.6. The van der Waals surface area contributed by atoms with Gasteiger partial charge in [-0.1, -0.05) is 101 Å². The van der Waals surface area contributed by atoms with E-state index in [2.05, 4.69) is 19.1 Å². The fourth-order valence-corrected chi connectivity index (χ4v) is 3.73. The summed E-state index contributed by atoms with van der Waals surface area (Å²) in [5.74, 6) is 0.173. The molecule has 1 amide bonds. The topological polar surface area (TPSA) is 46.3 Å². The van der Waals surface area contributed by atoms with E-state index in [1.165, 1.54) is 70.6 Å². The standard InChI is InChI=1S/C27H46N2O/c1-3-4-5-6-7-8-9-10-11-12-13-14-15-16-20-23-27(30)29(25(2)28)24-26-21-18-17-19-22-26/h10-11,17-19,21-22,25H,3-9,12-16,20,23-24,28H2,1-2H3/b11-10-. The summed E-state index contributed by atoms with van der Waals surface area (Å²) in [6.45, 7) is 4.76. The Hall–Kier alpha value is -1.61. The van der Waals surface area contributed by atoms with Crippen molar-refractivity contribution in [1.82, 2.24) is 4.90 Å². The third-order valence-corrected chi connectivity index (χ3v) is 5.66. The van der Waals surface area contributed by atoms with Crippen molar-refractivity contribution in [3.05, 3.63) is 48.0 Å². The van der Waals surface area contributed by atoms with Crippen LogP contribution in [0.25, 0.3) is 0 Å². The van der Waals surface area contributed by atoms with Gasteiger partial charge in [-0.2, -0.15) is 0 Å². The molecular formula is C27H46N2O. The first-order valence-corrected chi connectivity index (χ1v) is 12.4. The first-order valence-electron chi connectivity index (χ1n) is 12.4. The second kappa shape index (κ2) is 18.2. The lowest BCUT2D eigenvalue weighted by atomic mass is 10.1. The third-order valence-electron chi connectivity index (χ3n) is 5.66. The van der Waals surface area contributed by atoms with Crippen molar-refractivity contribution in [2.24, 2.45) is 5.73 Å². The molecule has 3 nitrogen and oxygen atoms in total. The Morgan fingerprint density at radius 2 is 1.40 bits per heavy atom. The minimum atomic E-state index is -0.249. The molecule has 0 aliphatic heterocycles. The molecule has 1 atom stereocenters.